The predicted octanol–water partition coefficient (Wildman–Crippen LogP) is 12.0. The zero-order chi connectivity index (χ0) is 30.8. The van der Waals surface area contributed by atoms with Gasteiger partial charge >= 0.3 is 6.19 Å². The molecule has 0 aromatic heterocycles. The van der Waals surface area contributed by atoms with Gasteiger partial charge in [0.15, 0.2) is 0 Å². The van der Waals surface area contributed by atoms with Crippen molar-refractivity contribution in [3.8, 4) is 0 Å². The molecule has 0 amide bonds. The van der Waals surface area contributed by atoms with Crippen LogP contribution >= 0.6 is 11.6 Å². The summed E-state index contributed by atoms with van der Waals surface area (Å²) in [4.78, 5) is 1.34. The van der Waals surface area contributed by atoms with Crippen LogP contribution in [0.25, 0.3) is 0 Å². The number of benzene rings is 2. The number of aryl methyl sites for hydroxylation is 3. The van der Waals surface area contributed by atoms with Gasteiger partial charge in [0.1, 0.15) is 0 Å². The summed E-state index contributed by atoms with van der Waals surface area (Å²) < 4.78 is 6.26. The molecule has 1 heterocycles. The van der Waals surface area contributed by atoms with Crippen LogP contribution in [-0.4, -0.2) is 11.8 Å². The molecule has 2 fully saturated rings. The van der Waals surface area contributed by atoms with Crippen LogP contribution in [0, 0.1) is 31.1 Å². The summed E-state index contributed by atoms with van der Waals surface area (Å²) in [6.45, 7) is 30.3. The molecule has 2 aliphatic rings. The van der Waals surface area contributed by atoms with Crippen molar-refractivity contribution in [2.24, 2.45) is 17.3 Å². The normalized spacial score (nSPS) is 18.4. The van der Waals surface area contributed by atoms with Crippen molar-refractivity contribution in [2.75, 3.05) is 0 Å². The first-order valence-corrected chi connectivity index (χ1v) is 17.4. The Balaban J connectivity index is 0.00000144. The van der Waals surface area contributed by atoms with Gasteiger partial charge in [-0.2, -0.15) is 0 Å². The van der Waals surface area contributed by atoms with Crippen LogP contribution in [0.15, 0.2) is 41.3 Å². The first-order chi connectivity index (χ1) is 19.0. The Hall–Kier alpha value is -1.19. The molecule has 41 heavy (non-hydrogen) atoms. The van der Waals surface area contributed by atoms with Gasteiger partial charge in [0, 0.05) is 21.2 Å². The van der Waals surface area contributed by atoms with Crippen molar-refractivity contribution in [3.05, 3.63) is 64.2 Å². The maximum absolute atomic E-state index is 6.26. The lowest BCUT2D eigenvalue weighted by atomic mass is 9.49. The van der Waals surface area contributed by atoms with Gasteiger partial charge in [0.05, 0.1) is 0 Å². The van der Waals surface area contributed by atoms with E-state index in [1.165, 1.54) is 64.8 Å². The molecule has 228 valence electrons. The molecule has 0 N–H and O–H groups in total. The second-order valence-corrected chi connectivity index (χ2v) is 16.6. The summed E-state index contributed by atoms with van der Waals surface area (Å²) in [6.07, 6.45) is 9.32. The average molecular weight is 577 g/mol. The Morgan fingerprint density at radius 1 is 0.854 bits per heavy atom. The summed E-state index contributed by atoms with van der Waals surface area (Å²) in [5.74, 6) is 1.44. The highest BCUT2D eigenvalue weighted by Crippen LogP contribution is 2.58. The van der Waals surface area contributed by atoms with Gasteiger partial charge in [-0.1, -0.05) is 112 Å². The van der Waals surface area contributed by atoms with Gasteiger partial charge in [0.25, 0.3) is 0 Å². The summed E-state index contributed by atoms with van der Waals surface area (Å²) in [5, 5.41) is 0.153. The minimum atomic E-state index is -0.0649. The van der Waals surface area contributed by atoms with Crippen molar-refractivity contribution in [1.82, 2.24) is 0 Å². The molecule has 1 unspecified atom stereocenters. The Morgan fingerprint density at radius 3 is 1.78 bits per heavy atom. The van der Waals surface area contributed by atoms with E-state index in [0.717, 1.165) is 18.8 Å². The van der Waals surface area contributed by atoms with Gasteiger partial charge in [-0.05, 0) is 105 Å². The third-order valence-electron chi connectivity index (χ3n) is 10.6. The van der Waals surface area contributed by atoms with Crippen molar-refractivity contribution in [3.63, 3.8) is 0 Å². The fourth-order valence-corrected chi connectivity index (χ4v) is 8.23. The molecule has 1 aliphatic heterocycles. The third kappa shape index (κ3) is 7.67. The molecule has 0 bridgehead atoms. The lowest BCUT2D eigenvalue weighted by Crippen LogP contribution is -2.59. The van der Waals surface area contributed by atoms with E-state index < -0.39 is 0 Å². The summed E-state index contributed by atoms with van der Waals surface area (Å²) in [5.41, 5.74) is 7.55. The maximum Gasteiger partial charge on any atom is 0.375 e. The van der Waals surface area contributed by atoms with E-state index in [2.05, 4.69) is 126 Å². The van der Waals surface area contributed by atoms with Gasteiger partial charge < -0.3 is 4.65 Å². The fraction of sp³-hybridized carbons (Fsp3) is 0.684. The van der Waals surface area contributed by atoms with Gasteiger partial charge in [-0.3, -0.25) is 0 Å². The highest BCUT2D eigenvalue weighted by atomic mass is 32.2. The van der Waals surface area contributed by atoms with Crippen molar-refractivity contribution in [2.45, 2.75) is 156 Å². The number of hydrogen-bond acceptors (Lipinski definition) is 2. The summed E-state index contributed by atoms with van der Waals surface area (Å²) >= 11 is 1.89. The molecule has 0 spiro atoms. The van der Waals surface area contributed by atoms with E-state index in [-0.39, 0.29) is 22.5 Å². The van der Waals surface area contributed by atoms with Crippen molar-refractivity contribution >= 4 is 17.8 Å². The largest absolute Gasteiger partial charge is 0.420 e. The Labute approximate surface area is 259 Å². The topological polar surface area (TPSA) is 9.23 Å². The Kier molecular flexibility index (Phi) is 11.1. The van der Waals surface area contributed by atoms with Crippen LogP contribution < -0.4 is 0 Å². The third-order valence-corrected chi connectivity index (χ3v) is 12.2. The second kappa shape index (κ2) is 13.2. The SMILES string of the molecule is C1CC1.CCC(CC)(c1ccc(CCC(C(C)C)C(C)(C)C)c(C)c1)c1ccc(SB2OC(C)(C)C2(C)C)c(C)c1. The van der Waals surface area contributed by atoms with Gasteiger partial charge in [0.2, 0.25) is 0 Å². The first-order valence-electron chi connectivity index (χ1n) is 16.6. The minimum absolute atomic E-state index is 0.0390. The molecular weight excluding hydrogens is 515 g/mol. The lowest BCUT2D eigenvalue weighted by molar-refractivity contribution is -0.00483. The summed E-state index contributed by atoms with van der Waals surface area (Å²) in [6, 6.07) is 14.5. The van der Waals surface area contributed by atoms with Crippen molar-refractivity contribution < 1.29 is 4.65 Å². The molecule has 4 rings (SSSR count). The molecule has 0 radical (unpaired) electrons. The Bertz CT molecular complexity index is 1150. The van der Waals surface area contributed by atoms with E-state index in [0.29, 0.717) is 11.3 Å². The molecule has 2 aromatic carbocycles. The van der Waals surface area contributed by atoms with Crippen LogP contribution in [0.1, 0.15) is 143 Å². The van der Waals surface area contributed by atoms with E-state index in [1.54, 1.807) is 0 Å². The summed E-state index contributed by atoms with van der Waals surface area (Å²) in [7, 11) is 0. The lowest BCUT2D eigenvalue weighted by Gasteiger charge is -2.56. The van der Waals surface area contributed by atoms with E-state index in [4.69, 9.17) is 4.65 Å². The number of hydrogen-bond donors (Lipinski definition) is 0. The quantitative estimate of drug-likeness (QED) is 0.260. The highest BCUT2D eigenvalue weighted by molar-refractivity contribution is 8.25. The fourth-order valence-electron chi connectivity index (χ4n) is 6.74. The van der Waals surface area contributed by atoms with Crippen LogP contribution in [0.5, 0.6) is 0 Å². The molecule has 1 atom stereocenters. The van der Waals surface area contributed by atoms with E-state index in [1.807, 2.05) is 11.6 Å². The first kappa shape index (κ1) is 34.3. The molecule has 2 aromatic rings. The number of rotatable bonds is 10. The molecule has 1 aliphatic carbocycles. The smallest absolute Gasteiger partial charge is 0.375 e. The van der Waals surface area contributed by atoms with Crippen LogP contribution in [0.3, 0.4) is 0 Å². The molecule has 1 nitrogen and oxygen atoms in total. The van der Waals surface area contributed by atoms with E-state index >= 15 is 0 Å². The van der Waals surface area contributed by atoms with Crippen LogP contribution in [0.4, 0.5) is 0 Å². The standard InChI is InChI=1S/C35H55BOS.C3H6/c1-14-35(15-2,28-18-16-27(25(5)22-28)17-20-30(24(3)4)32(7,8)9)29-19-21-31(26(6)23-29)38-36-33(10,11)34(12,13)37-36;1-2-3-1/h16,18-19,21-24,30H,14-15,17,20H2,1-13H3;1-3H2. The molecule has 1 saturated carbocycles. The zero-order valence-electron chi connectivity index (χ0n) is 29.0. The van der Waals surface area contributed by atoms with Crippen LogP contribution in [0.2, 0.25) is 5.31 Å². The molecule has 1 saturated heterocycles. The maximum atomic E-state index is 6.26. The monoisotopic (exact) mass is 576 g/mol. The zero-order valence-corrected chi connectivity index (χ0v) is 29.8. The highest BCUT2D eigenvalue weighted by Gasteiger charge is 2.59. The molecular formula is C38H61BOS. The van der Waals surface area contributed by atoms with Crippen LogP contribution in [-0.2, 0) is 16.5 Å². The van der Waals surface area contributed by atoms with Gasteiger partial charge in [-0.25, -0.2) is 0 Å². The van der Waals surface area contributed by atoms with Crippen molar-refractivity contribution in [1.29, 1.82) is 0 Å². The minimum Gasteiger partial charge on any atom is -0.420 e. The average Bonchev–Trinajstić information content (AvgIpc) is 3.76. The second-order valence-electron chi connectivity index (χ2n) is 15.5. The van der Waals surface area contributed by atoms with E-state index in [9.17, 15) is 0 Å². The molecule has 3 heteroatoms. The van der Waals surface area contributed by atoms with Gasteiger partial charge in [-0.15, -0.1) is 11.6 Å². The predicted molar refractivity (Wildman–Crippen MR) is 184 cm³/mol. The Morgan fingerprint density at radius 2 is 1.39 bits per heavy atom.